The van der Waals surface area contributed by atoms with Crippen molar-refractivity contribution in [3.63, 3.8) is 0 Å². The number of esters is 1. The van der Waals surface area contributed by atoms with E-state index in [9.17, 15) is 9.59 Å². The first-order valence-corrected chi connectivity index (χ1v) is 7.01. The second kappa shape index (κ2) is 8.54. The lowest BCUT2D eigenvalue weighted by atomic mass is 10.2. The topological polar surface area (TPSA) is 64.6 Å². The van der Waals surface area contributed by atoms with Crippen LogP contribution in [0, 0.1) is 0 Å². The van der Waals surface area contributed by atoms with E-state index in [4.69, 9.17) is 32.7 Å². The standard InChI is InChI=1S/C14H15Cl2NO4/c1-3-20-13(18)12(16)8-9-7-10(5-6-11(9)15)17-14(19)21-4-2/h5-8H,3-4H2,1-2H3,(H,17,19). The van der Waals surface area contributed by atoms with Crippen LogP contribution < -0.4 is 5.32 Å². The second-order valence-corrected chi connectivity index (χ2v) is 4.61. The number of carbonyl (C=O) groups excluding carboxylic acids is 2. The van der Waals surface area contributed by atoms with Crippen LogP contribution >= 0.6 is 23.2 Å². The van der Waals surface area contributed by atoms with Crippen molar-refractivity contribution in [2.45, 2.75) is 13.8 Å². The highest BCUT2D eigenvalue weighted by molar-refractivity contribution is 6.43. The van der Waals surface area contributed by atoms with E-state index >= 15 is 0 Å². The van der Waals surface area contributed by atoms with Gasteiger partial charge in [-0.15, -0.1) is 0 Å². The molecule has 0 unspecified atom stereocenters. The quantitative estimate of drug-likeness (QED) is 0.652. The fourth-order valence-electron chi connectivity index (χ4n) is 1.41. The molecule has 1 aromatic rings. The Bertz CT molecular complexity index is 558. The Morgan fingerprint density at radius 3 is 2.52 bits per heavy atom. The van der Waals surface area contributed by atoms with E-state index in [1.165, 1.54) is 6.08 Å². The van der Waals surface area contributed by atoms with Gasteiger partial charge in [0.2, 0.25) is 0 Å². The number of nitrogens with one attached hydrogen (secondary N) is 1. The van der Waals surface area contributed by atoms with Crippen molar-refractivity contribution in [2.24, 2.45) is 0 Å². The summed E-state index contributed by atoms with van der Waals surface area (Å²) in [5.41, 5.74) is 0.946. The van der Waals surface area contributed by atoms with Crippen LogP contribution in [0.25, 0.3) is 6.08 Å². The van der Waals surface area contributed by atoms with Gasteiger partial charge in [-0.05, 0) is 43.7 Å². The van der Waals surface area contributed by atoms with Gasteiger partial charge in [-0.1, -0.05) is 23.2 Å². The van der Waals surface area contributed by atoms with Crippen LogP contribution in [0.4, 0.5) is 10.5 Å². The van der Waals surface area contributed by atoms with Gasteiger partial charge in [-0.2, -0.15) is 0 Å². The number of ether oxygens (including phenoxy) is 2. The molecule has 0 fully saturated rings. The molecule has 0 aliphatic heterocycles. The van der Waals surface area contributed by atoms with E-state index in [2.05, 4.69) is 5.32 Å². The van der Waals surface area contributed by atoms with Crippen LogP contribution in [0.3, 0.4) is 0 Å². The van der Waals surface area contributed by atoms with Gasteiger partial charge < -0.3 is 9.47 Å². The average Bonchev–Trinajstić information content (AvgIpc) is 2.43. The number of carbonyl (C=O) groups is 2. The lowest BCUT2D eigenvalue weighted by Crippen LogP contribution is -2.13. The van der Waals surface area contributed by atoms with E-state index < -0.39 is 12.1 Å². The van der Waals surface area contributed by atoms with Gasteiger partial charge in [-0.3, -0.25) is 5.32 Å². The van der Waals surface area contributed by atoms with Crippen molar-refractivity contribution in [1.82, 2.24) is 0 Å². The zero-order valence-electron chi connectivity index (χ0n) is 11.6. The molecule has 0 spiro atoms. The first-order chi connectivity index (χ1) is 9.97. The monoisotopic (exact) mass is 331 g/mol. The molecule has 1 amide bonds. The summed E-state index contributed by atoms with van der Waals surface area (Å²) in [6.45, 7) is 3.87. The second-order valence-electron chi connectivity index (χ2n) is 3.79. The highest BCUT2D eigenvalue weighted by Gasteiger charge is 2.10. The third-order valence-electron chi connectivity index (χ3n) is 2.27. The molecule has 5 nitrogen and oxygen atoms in total. The summed E-state index contributed by atoms with van der Waals surface area (Å²) >= 11 is 11.9. The Labute approximate surface area is 132 Å². The van der Waals surface area contributed by atoms with E-state index in [1.807, 2.05) is 0 Å². The van der Waals surface area contributed by atoms with Crippen molar-refractivity contribution < 1.29 is 19.1 Å². The molecule has 0 bridgehead atoms. The summed E-state index contributed by atoms with van der Waals surface area (Å²) in [7, 11) is 0. The van der Waals surface area contributed by atoms with Crippen molar-refractivity contribution in [3.05, 3.63) is 33.8 Å². The predicted octanol–water partition coefficient (Wildman–Crippen LogP) is 4.05. The largest absolute Gasteiger partial charge is 0.462 e. The zero-order chi connectivity index (χ0) is 15.8. The number of amides is 1. The molecule has 0 heterocycles. The van der Waals surface area contributed by atoms with Crippen molar-refractivity contribution in [2.75, 3.05) is 18.5 Å². The third kappa shape index (κ3) is 5.65. The minimum Gasteiger partial charge on any atom is -0.462 e. The van der Waals surface area contributed by atoms with Gasteiger partial charge in [-0.25, -0.2) is 9.59 Å². The van der Waals surface area contributed by atoms with Crippen LogP contribution in [-0.4, -0.2) is 25.3 Å². The lowest BCUT2D eigenvalue weighted by Gasteiger charge is -2.07. The van der Waals surface area contributed by atoms with Crippen LogP contribution in [0.1, 0.15) is 19.4 Å². The first-order valence-electron chi connectivity index (χ1n) is 6.25. The summed E-state index contributed by atoms with van der Waals surface area (Å²) in [4.78, 5) is 22.8. The van der Waals surface area contributed by atoms with Crippen LogP contribution in [0.15, 0.2) is 23.2 Å². The number of rotatable bonds is 5. The Balaban J connectivity index is 2.94. The molecule has 1 aromatic carbocycles. The molecule has 114 valence electrons. The van der Waals surface area contributed by atoms with Crippen molar-refractivity contribution >= 4 is 47.0 Å². The summed E-state index contributed by atoms with van der Waals surface area (Å²) < 4.78 is 9.54. The molecule has 1 rings (SSSR count). The lowest BCUT2D eigenvalue weighted by molar-refractivity contribution is -0.137. The minimum absolute atomic E-state index is 0.105. The summed E-state index contributed by atoms with van der Waals surface area (Å²) in [5, 5.41) is 2.81. The fourth-order valence-corrected chi connectivity index (χ4v) is 1.76. The molecule has 7 heteroatoms. The molecule has 0 aromatic heterocycles. The fraction of sp³-hybridized carbons (Fsp3) is 0.286. The molecule has 0 radical (unpaired) electrons. The molecule has 0 saturated carbocycles. The maximum Gasteiger partial charge on any atom is 0.411 e. The Hall–Kier alpha value is -1.72. The van der Waals surface area contributed by atoms with Crippen LogP contribution in [0.5, 0.6) is 0 Å². The number of halogens is 2. The van der Waals surface area contributed by atoms with E-state index in [0.29, 0.717) is 16.3 Å². The molecular weight excluding hydrogens is 317 g/mol. The van der Waals surface area contributed by atoms with Gasteiger partial charge in [0.15, 0.2) is 0 Å². The predicted molar refractivity (Wildman–Crippen MR) is 82.6 cm³/mol. The Morgan fingerprint density at radius 2 is 1.90 bits per heavy atom. The summed E-state index contributed by atoms with van der Waals surface area (Å²) in [6, 6.07) is 4.75. The first kappa shape index (κ1) is 17.3. The Kier molecular flexibility index (Phi) is 7.05. The molecular formula is C14H15Cl2NO4. The van der Waals surface area contributed by atoms with E-state index in [1.54, 1.807) is 32.0 Å². The van der Waals surface area contributed by atoms with E-state index in [-0.39, 0.29) is 18.2 Å². The number of benzene rings is 1. The normalized spacial score (nSPS) is 11.0. The van der Waals surface area contributed by atoms with Gasteiger partial charge in [0.05, 0.1) is 13.2 Å². The maximum atomic E-state index is 11.5. The maximum absolute atomic E-state index is 11.5. The molecule has 0 aliphatic rings. The Morgan fingerprint density at radius 1 is 1.24 bits per heavy atom. The van der Waals surface area contributed by atoms with Gasteiger partial charge in [0, 0.05) is 10.7 Å². The summed E-state index contributed by atoms with van der Waals surface area (Å²) in [6.07, 6.45) is 0.796. The molecule has 0 atom stereocenters. The van der Waals surface area contributed by atoms with Crippen LogP contribution in [0.2, 0.25) is 5.02 Å². The zero-order valence-corrected chi connectivity index (χ0v) is 13.1. The van der Waals surface area contributed by atoms with E-state index in [0.717, 1.165) is 0 Å². The SMILES string of the molecule is CCOC(=O)Nc1ccc(Cl)c(C=C(Cl)C(=O)OCC)c1. The number of hydrogen-bond acceptors (Lipinski definition) is 4. The molecule has 1 N–H and O–H groups in total. The third-order valence-corrected chi connectivity index (χ3v) is 2.88. The van der Waals surface area contributed by atoms with Gasteiger partial charge in [0.1, 0.15) is 5.03 Å². The smallest absolute Gasteiger partial charge is 0.411 e. The van der Waals surface area contributed by atoms with Crippen molar-refractivity contribution in [3.8, 4) is 0 Å². The number of anilines is 1. The average molecular weight is 332 g/mol. The van der Waals surface area contributed by atoms with Gasteiger partial charge in [0.25, 0.3) is 0 Å². The summed E-state index contributed by atoms with van der Waals surface area (Å²) in [5.74, 6) is -0.640. The molecule has 21 heavy (non-hydrogen) atoms. The van der Waals surface area contributed by atoms with Crippen LogP contribution in [-0.2, 0) is 14.3 Å². The highest BCUT2D eigenvalue weighted by Crippen LogP contribution is 2.24. The minimum atomic E-state index is -0.640. The highest BCUT2D eigenvalue weighted by atomic mass is 35.5. The number of hydrogen-bond donors (Lipinski definition) is 1. The van der Waals surface area contributed by atoms with Crippen molar-refractivity contribution in [1.29, 1.82) is 0 Å². The van der Waals surface area contributed by atoms with Gasteiger partial charge >= 0.3 is 12.1 Å². The molecule has 0 aliphatic carbocycles. The molecule has 0 saturated heterocycles.